The van der Waals surface area contributed by atoms with E-state index in [-0.39, 0.29) is 17.7 Å². The van der Waals surface area contributed by atoms with Crippen molar-refractivity contribution in [2.45, 2.75) is 6.43 Å². The fourth-order valence-corrected chi connectivity index (χ4v) is 0.908. The molecule has 0 atom stereocenters. The second-order valence-corrected chi connectivity index (χ2v) is 2.39. The molecule has 1 heterocycles. The molecule has 0 aliphatic heterocycles. The standard InChI is InChI=1S/C8H6F3NO2/c1-14-8-4(3-13)2-5(6(9)10)7(11)12-8/h2-3,6H,1H3. The molecule has 14 heavy (non-hydrogen) atoms. The zero-order valence-electron chi connectivity index (χ0n) is 7.13. The van der Waals surface area contributed by atoms with Crippen LogP contribution in [0.25, 0.3) is 0 Å². The Balaban J connectivity index is 3.30. The molecule has 1 aromatic rings. The van der Waals surface area contributed by atoms with E-state index in [2.05, 4.69) is 9.72 Å². The van der Waals surface area contributed by atoms with Gasteiger partial charge in [-0.2, -0.15) is 9.37 Å². The quantitative estimate of drug-likeness (QED) is 0.559. The van der Waals surface area contributed by atoms with Gasteiger partial charge in [-0.05, 0) is 6.07 Å². The minimum absolute atomic E-state index is 0.204. The van der Waals surface area contributed by atoms with E-state index in [4.69, 9.17) is 0 Å². The van der Waals surface area contributed by atoms with Crippen LogP contribution in [0.5, 0.6) is 5.88 Å². The van der Waals surface area contributed by atoms with Gasteiger partial charge in [-0.1, -0.05) is 0 Å². The van der Waals surface area contributed by atoms with Gasteiger partial charge in [0, 0.05) is 0 Å². The first-order chi connectivity index (χ1) is 6.60. The minimum atomic E-state index is -3.01. The first-order valence-corrected chi connectivity index (χ1v) is 3.58. The Hall–Kier alpha value is -1.59. The summed E-state index contributed by atoms with van der Waals surface area (Å²) in [6, 6.07) is 0.721. The van der Waals surface area contributed by atoms with Gasteiger partial charge in [0.05, 0.1) is 18.2 Å². The molecule has 0 radical (unpaired) electrons. The maximum Gasteiger partial charge on any atom is 0.268 e. The lowest BCUT2D eigenvalue weighted by atomic mass is 10.2. The van der Waals surface area contributed by atoms with Gasteiger partial charge in [0.2, 0.25) is 11.8 Å². The van der Waals surface area contributed by atoms with E-state index in [1.165, 1.54) is 0 Å². The third-order valence-corrected chi connectivity index (χ3v) is 1.55. The van der Waals surface area contributed by atoms with Crippen LogP contribution in [0.2, 0.25) is 0 Å². The van der Waals surface area contributed by atoms with E-state index in [9.17, 15) is 18.0 Å². The van der Waals surface area contributed by atoms with E-state index in [1.54, 1.807) is 0 Å². The Kier molecular flexibility index (Phi) is 3.06. The molecule has 1 rings (SSSR count). The number of carbonyl (C=O) groups is 1. The molecule has 6 heteroatoms. The second-order valence-electron chi connectivity index (χ2n) is 2.39. The number of carbonyl (C=O) groups excluding carboxylic acids is 1. The lowest BCUT2D eigenvalue weighted by Crippen LogP contribution is -2.01. The van der Waals surface area contributed by atoms with Crippen LogP contribution in [0.15, 0.2) is 6.07 Å². The molecule has 0 aliphatic rings. The molecule has 0 saturated carbocycles. The largest absolute Gasteiger partial charge is 0.480 e. The summed E-state index contributed by atoms with van der Waals surface area (Å²) in [5, 5.41) is 0. The number of pyridine rings is 1. The van der Waals surface area contributed by atoms with Crippen molar-refractivity contribution in [3.63, 3.8) is 0 Å². The van der Waals surface area contributed by atoms with Crippen molar-refractivity contribution in [1.29, 1.82) is 0 Å². The van der Waals surface area contributed by atoms with Crippen LogP contribution in [0.1, 0.15) is 22.3 Å². The number of aromatic nitrogens is 1. The number of halogens is 3. The molecule has 1 aromatic heterocycles. The highest BCUT2D eigenvalue weighted by atomic mass is 19.3. The fraction of sp³-hybridized carbons (Fsp3) is 0.250. The Labute approximate surface area is 77.5 Å². The molecular formula is C8H6F3NO2. The molecule has 0 aromatic carbocycles. The average molecular weight is 205 g/mol. The number of nitrogens with zero attached hydrogens (tertiary/aromatic N) is 1. The highest BCUT2D eigenvalue weighted by Crippen LogP contribution is 2.25. The second kappa shape index (κ2) is 4.08. The summed E-state index contributed by atoms with van der Waals surface area (Å²) < 4.78 is 41.6. The number of alkyl halides is 2. The van der Waals surface area contributed by atoms with E-state index < -0.39 is 17.9 Å². The molecular weight excluding hydrogens is 199 g/mol. The van der Waals surface area contributed by atoms with Crippen LogP contribution in [-0.2, 0) is 0 Å². The first-order valence-electron chi connectivity index (χ1n) is 3.58. The Bertz CT molecular complexity index is 355. The maximum atomic E-state index is 12.8. The number of hydrogen-bond acceptors (Lipinski definition) is 3. The van der Waals surface area contributed by atoms with Crippen LogP contribution in [0.3, 0.4) is 0 Å². The topological polar surface area (TPSA) is 39.2 Å². The maximum absolute atomic E-state index is 12.8. The van der Waals surface area contributed by atoms with Gasteiger partial charge in [-0.3, -0.25) is 4.79 Å². The molecule has 0 unspecified atom stereocenters. The van der Waals surface area contributed by atoms with Gasteiger partial charge in [-0.15, -0.1) is 0 Å². The third-order valence-electron chi connectivity index (χ3n) is 1.55. The summed E-state index contributed by atoms with van der Waals surface area (Å²) in [7, 11) is 1.16. The highest BCUT2D eigenvalue weighted by molar-refractivity contribution is 5.78. The molecule has 0 amide bonds. The molecule has 76 valence electrons. The van der Waals surface area contributed by atoms with Crippen molar-refractivity contribution in [2.75, 3.05) is 7.11 Å². The molecule has 0 bridgehead atoms. The minimum Gasteiger partial charge on any atom is -0.480 e. The molecule has 0 spiro atoms. The Morgan fingerprint density at radius 2 is 2.21 bits per heavy atom. The number of rotatable bonds is 3. The van der Waals surface area contributed by atoms with Gasteiger partial charge in [0.15, 0.2) is 6.29 Å². The zero-order chi connectivity index (χ0) is 10.7. The van der Waals surface area contributed by atoms with Crippen molar-refractivity contribution in [2.24, 2.45) is 0 Å². The zero-order valence-corrected chi connectivity index (χ0v) is 7.13. The van der Waals surface area contributed by atoms with Crippen LogP contribution in [0.4, 0.5) is 13.2 Å². The number of hydrogen-bond donors (Lipinski definition) is 0. The fourth-order valence-electron chi connectivity index (χ4n) is 0.908. The van der Waals surface area contributed by atoms with Gasteiger partial charge >= 0.3 is 0 Å². The molecule has 3 nitrogen and oxygen atoms in total. The molecule has 0 aliphatic carbocycles. The molecule has 0 N–H and O–H groups in total. The van der Waals surface area contributed by atoms with Crippen molar-refractivity contribution >= 4 is 6.29 Å². The summed E-state index contributed by atoms with van der Waals surface area (Å²) in [5.41, 5.74) is -1.11. The van der Waals surface area contributed by atoms with Gasteiger partial charge in [-0.25, -0.2) is 8.78 Å². The first kappa shape index (κ1) is 10.5. The van der Waals surface area contributed by atoms with Gasteiger partial charge in [0.1, 0.15) is 0 Å². The van der Waals surface area contributed by atoms with Crippen molar-refractivity contribution < 1.29 is 22.7 Å². The lowest BCUT2D eigenvalue weighted by Gasteiger charge is -2.05. The summed E-state index contributed by atoms with van der Waals surface area (Å²) in [4.78, 5) is 13.5. The summed E-state index contributed by atoms with van der Waals surface area (Å²) >= 11 is 0. The van der Waals surface area contributed by atoms with E-state index in [0.717, 1.165) is 13.2 Å². The lowest BCUT2D eigenvalue weighted by molar-refractivity contribution is 0.111. The van der Waals surface area contributed by atoms with Gasteiger partial charge < -0.3 is 4.74 Å². The third kappa shape index (κ3) is 1.84. The predicted molar refractivity (Wildman–Crippen MR) is 41.1 cm³/mol. The predicted octanol–water partition coefficient (Wildman–Crippen LogP) is 1.98. The van der Waals surface area contributed by atoms with Crippen molar-refractivity contribution in [3.8, 4) is 5.88 Å². The monoisotopic (exact) mass is 205 g/mol. The van der Waals surface area contributed by atoms with Crippen LogP contribution < -0.4 is 4.74 Å². The summed E-state index contributed by atoms with van der Waals surface area (Å²) in [6.45, 7) is 0. The SMILES string of the molecule is COc1nc(F)c(C(F)F)cc1C=O. The van der Waals surface area contributed by atoms with Crippen LogP contribution in [0, 0.1) is 5.95 Å². The van der Waals surface area contributed by atoms with E-state index >= 15 is 0 Å². The summed E-state index contributed by atoms with van der Waals surface area (Å²) in [5.74, 6) is -1.63. The van der Waals surface area contributed by atoms with Gasteiger partial charge in [0.25, 0.3) is 6.43 Å². The van der Waals surface area contributed by atoms with Crippen molar-refractivity contribution in [1.82, 2.24) is 4.98 Å². The Morgan fingerprint density at radius 3 is 2.64 bits per heavy atom. The number of methoxy groups -OCH3 is 1. The Morgan fingerprint density at radius 1 is 1.57 bits per heavy atom. The number of aldehydes is 1. The average Bonchev–Trinajstić information content (AvgIpc) is 2.16. The van der Waals surface area contributed by atoms with Crippen LogP contribution >= 0.6 is 0 Å². The summed E-state index contributed by atoms with van der Waals surface area (Å²) in [6.07, 6.45) is -2.73. The van der Waals surface area contributed by atoms with Crippen molar-refractivity contribution in [3.05, 3.63) is 23.1 Å². The molecule has 0 fully saturated rings. The normalized spacial score (nSPS) is 10.4. The van der Waals surface area contributed by atoms with E-state index in [1.807, 2.05) is 0 Å². The highest BCUT2D eigenvalue weighted by Gasteiger charge is 2.18. The smallest absolute Gasteiger partial charge is 0.268 e. The van der Waals surface area contributed by atoms with E-state index in [0.29, 0.717) is 0 Å². The van der Waals surface area contributed by atoms with Crippen LogP contribution in [-0.4, -0.2) is 18.4 Å². The number of ether oxygens (including phenoxy) is 1. The molecule has 0 saturated heterocycles.